The van der Waals surface area contributed by atoms with E-state index in [2.05, 4.69) is 24.3 Å². The SMILES string of the molecule is Cc1nn(C)c(SCC(C)CO)c1CNC1CC1. The van der Waals surface area contributed by atoms with Gasteiger partial charge in [-0.1, -0.05) is 6.92 Å². The fourth-order valence-electron chi connectivity index (χ4n) is 1.87. The molecule has 5 heteroatoms. The number of hydrogen-bond acceptors (Lipinski definition) is 4. The summed E-state index contributed by atoms with van der Waals surface area (Å²) in [5.41, 5.74) is 2.43. The molecule has 1 unspecified atom stereocenters. The third-order valence-electron chi connectivity index (χ3n) is 3.25. The van der Waals surface area contributed by atoms with Crippen molar-refractivity contribution in [2.24, 2.45) is 13.0 Å². The van der Waals surface area contributed by atoms with Gasteiger partial charge in [0.2, 0.25) is 0 Å². The molecule has 18 heavy (non-hydrogen) atoms. The molecule has 1 heterocycles. The minimum atomic E-state index is 0.249. The topological polar surface area (TPSA) is 50.1 Å². The van der Waals surface area contributed by atoms with Crippen LogP contribution in [0.25, 0.3) is 0 Å². The highest BCUT2D eigenvalue weighted by atomic mass is 32.2. The number of rotatable bonds is 7. The highest BCUT2D eigenvalue weighted by molar-refractivity contribution is 7.99. The van der Waals surface area contributed by atoms with Gasteiger partial charge in [0, 0.05) is 37.6 Å². The summed E-state index contributed by atoms with van der Waals surface area (Å²) in [6, 6.07) is 0.721. The van der Waals surface area contributed by atoms with Crippen molar-refractivity contribution in [1.82, 2.24) is 15.1 Å². The average Bonchev–Trinajstić information content (AvgIpc) is 3.12. The summed E-state index contributed by atoms with van der Waals surface area (Å²) < 4.78 is 1.97. The Morgan fingerprint density at radius 2 is 2.28 bits per heavy atom. The van der Waals surface area contributed by atoms with E-state index in [9.17, 15) is 0 Å². The summed E-state index contributed by atoms with van der Waals surface area (Å²) in [6.45, 7) is 5.31. The highest BCUT2D eigenvalue weighted by Gasteiger charge is 2.22. The second kappa shape index (κ2) is 6.08. The molecule has 1 saturated carbocycles. The van der Waals surface area contributed by atoms with Crippen LogP contribution < -0.4 is 5.32 Å². The van der Waals surface area contributed by atoms with Crippen LogP contribution in [-0.4, -0.2) is 33.3 Å². The van der Waals surface area contributed by atoms with Crippen LogP contribution in [0, 0.1) is 12.8 Å². The Bertz CT molecular complexity index is 401. The summed E-state index contributed by atoms with van der Waals surface area (Å²) >= 11 is 1.80. The summed E-state index contributed by atoms with van der Waals surface area (Å²) in [6.07, 6.45) is 2.62. The molecule has 2 N–H and O–H groups in total. The van der Waals surface area contributed by atoms with Crippen molar-refractivity contribution in [3.63, 3.8) is 0 Å². The number of thioether (sulfide) groups is 1. The summed E-state index contributed by atoms with van der Waals surface area (Å²) in [7, 11) is 2.00. The fraction of sp³-hybridized carbons (Fsp3) is 0.769. The van der Waals surface area contributed by atoms with Gasteiger partial charge in [0.05, 0.1) is 10.7 Å². The minimum Gasteiger partial charge on any atom is -0.396 e. The minimum absolute atomic E-state index is 0.249. The smallest absolute Gasteiger partial charge is 0.0984 e. The molecule has 0 bridgehead atoms. The molecule has 1 aliphatic carbocycles. The quantitative estimate of drug-likeness (QED) is 0.740. The first-order valence-electron chi connectivity index (χ1n) is 6.61. The van der Waals surface area contributed by atoms with Gasteiger partial charge in [0.25, 0.3) is 0 Å². The molecular weight excluding hydrogens is 246 g/mol. The molecule has 1 aromatic rings. The van der Waals surface area contributed by atoms with E-state index in [1.165, 1.54) is 23.4 Å². The second-order valence-electron chi connectivity index (χ2n) is 5.25. The van der Waals surface area contributed by atoms with Gasteiger partial charge in [-0.3, -0.25) is 4.68 Å². The lowest BCUT2D eigenvalue weighted by atomic mass is 10.2. The molecular formula is C13H23N3OS. The van der Waals surface area contributed by atoms with Crippen LogP contribution in [0.4, 0.5) is 0 Å². The van der Waals surface area contributed by atoms with Gasteiger partial charge in [-0.05, 0) is 25.7 Å². The van der Waals surface area contributed by atoms with E-state index in [1.807, 2.05) is 11.7 Å². The Morgan fingerprint density at radius 3 is 2.89 bits per heavy atom. The molecule has 0 radical (unpaired) electrons. The number of aliphatic hydroxyl groups is 1. The van der Waals surface area contributed by atoms with Crippen molar-refractivity contribution < 1.29 is 5.11 Å². The lowest BCUT2D eigenvalue weighted by Crippen LogP contribution is -2.16. The van der Waals surface area contributed by atoms with Gasteiger partial charge in [0.1, 0.15) is 0 Å². The van der Waals surface area contributed by atoms with E-state index in [-0.39, 0.29) is 6.61 Å². The predicted molar refractivity (Wildman–Crippen MR) is 74.8 cm³/mol. The second-order valence-corrected chi connectivity index (χ2v) is 6.26. The first kappa shape index (κ1) is 13.9. The molecule has 0 saturated heterocycles. The van der Waals surface area contributed by atoms with Gasteiger partial charge in [-0.15, -0.1) is 11.8 Å². The molecule has 1 atom stereocenters. The number of nitrogens with one attached hydrogen (secondary N) is 1. The average molecular weight is 269 g/mol. The number of aromatic nitrogens is 2. The van der Waals surface area contributed by atoms with E-state index in [4.69, 9.17) is 5.11 Å². The molecule has 0 aliphatic heterocycles. The summed E-state index contributed by atoms with van der Waals surface area (Å²) in [5, 5.41) is 18.4. The van der Waals surface area contributed by atoms with Crippen LogP contribution in [0.3, 0.4) is 0 Å². The Kier molecular flexibility index (Phi) is 4.70. The van der Waals surface area contributed by atoms with Crippen LogP contribution in [0.2, 0.25) is 0 Å². The fourth-order valence-corrected chi connectivity index (χ4v) is 3.04. The van der Waals surface area contributed by atoms with E-state index < -0.39 is 0 Å². The van der Waals surface area contributed by atoms with Crippen LogP contribution in [0.1, 0.15) is 31.0 Å². The van der Waals surface area contributed by atoms with Crippen molar-refractivity contribution >= 4 is 11.8 Å². The van der Waals surface area contributed by atoms with E-state index >= 15 is 0 Å². The first-order valence-corrected chi connectivity index (χ1v) is 7.60. The van der Waals surface area contributed by atoms with Gasteiger partial charge >= 0.3 is 0 Å². The summed E-state index contributed by atoms with van der Waals surface area (Å²) in [5.74, 6) is 1.26. The number of hydrogen-bond donors (Lipinski definition) is 2. The van der Waals surface area contributed by atoms with Crippen LogP contribution in [0.5, 0.6) is 0 Å². The molecule has 0 aromatic carbocycles. The maximum atomic E-state index is 9.09. The zero-order chi connectivity index (χ0) is 13.1. The molecule has 0 amide bonds. The van der Waals surface area contributed by atoms with Crippen molar-refractivity contribution in [3.05, 3.63) is 11.3 Å². The molecule has 102 valence electrons. The Labute approximate surface area is 113 Å². The van der Waals surface area contributed by atoms with E-state index in [0.29, 0.717) is 5.92 Å². The zero-order valence-electron chi connectivity index (χ0n) is 11.4. The third kappa shape index (κ3) is 3.49. The van der Waals surface area contributed by atoms with Gasteiger partial charge in [-0.25, -0.2) is 0 Å². The molecule has 4 nitrogen and oxygen atoms in total. The van der Waals surface area contributed by atoms with Crippen LogP contribution in [0.15, 0.2) is 5.03 Å². The number of aliphatic hydroxyl groups excluding tert-OH is 1. The van der Waals surface area contributed by atoms with E-state index in [0.717, 1.165) is 24.0 Å². The molecule has 0 spiro atoms. The van der Waals surface area contributed by atoms with Crippen LogP contribution >= 0.6 is 11.8 Å². The molecule has 1 aliphatic rings. The van der Waals surface area contributed by atoms with Gasteiger partial charge in [-0.2, -0.15) is 5.10 Å². The number of aryl methyl sites for hydroxylation is 2. The van der Waals surface area contributed by atoms with Gasteiger partial charge < -0.3 is 10.4 Å². The van der Waals surface area contributed by atoms with E-state index in [1.54, 1.807) is 11.8 Å². The molecule has 1 fully saturated rings. The van der Waals surface area contributed by atoms with Crippen molar-refractivity contribution in [2.45, 2.75) is 44.3 Å². The first-order chi connectivity index (χ1) is 8.61. The standard InChI is InChI=1S/C13H23N3OS/c1-9(7-17)8-18-13-12(6-14-11-4-5-11)10(2)15-16(13)3/h9,11,14,17H,4-8H2,1-3H3. The lowest BCUT2D eigenvalue weighted by molar-refractivity contribution is 0.250. The maximum absolute atomic E-state index is 9.09. The Morgan fingerprint density at radius 1 is 1.56 bits per heavy atom. The zero-order valence-corrected chi connectivity index (χ0v) is 12.3. The van der Waals surface area contributed by atoms with Crippen molar-refractivity contribution in [3.8, 4) is 0 Å². The Balaban J connectivity index is 2.01. The number of nitrogens with zero attached hydrogens (tertiary/aromatic N) is 2. The molecule has 2 rings (SSSR count). The normalized spacial score (nSPS) is 17.1. The Hall–Kier alpha value is -0.520. The predicted octanol–water partition coefficient (Wildman–Crippen LogP) is 1.70. The monoisotopic (exact) mass is 269 g/mol. The van der Waals surface area contributed by atoms with Crippen molar-refractivity contribution in [1.29, 1.82) is 0 Å². The lowest BCUT2D eigenvalue weighted by Gasteiger charge is -2.10. The van der Waals surface area contributed by atoms with Crippen molar-refractivity contribution in [2.75, 3.05) is 12.4 Å². The van der Waals surface area contributed by atoms with Crippen LogP contribution in [-0.2, 0) is 13.6 Å². The maximum Gasteiger partial charge on any atom is 0.0984 e. The summed E-state index contributed by atoms with van der Waals surface area (Å²) in [4.78, 5) is 0. The van der Waals surface area contributed by atoms with Gasteiger partial charge in [0.15, 0.2) is 0 Å². The molecule has 1 aromatic heterocycles. The largest absolute Gasteiger partial charge is 0.396 e. The highest BCUT2D eigenvalue weighted by Crippen LogP contribution is 2.28. The third-order valence-corrected chi connectivity index (χ3v) is 4.77.